The summed E-state index contributed by atoms with van der Waals surface area (Å²) in [6.45, 7) is 0. The van der Waals surface area contributed by atoms with Crippen LogP contribution in [0.25, 0.3) is 76.5 Å². The Bertz CT molecular complexity index is 2310. The van der Waals surface area contributed by atoms with E-state index < -0.39 is 0 Å². The normalized spacial score (nSPS) is 11.3. The highest BCUT2D eigenvalue weighted by Gasteiger charge is 2.18. The third-order valence-corrected chi connectivity index (χ3v) is 8.42. The lowest BCUT2D eigenvalue weighted by molar-refractivity contribution is 1.48. The van der Waals surface area contributed by atoms with Gasteiger partial charge in [-0.2, -0.15) is 5.26 Å². The summed E-state index contributed by atoms with van der Waals surface area (Å²) in [5.74, 6) is 0. The zero-order valence-corrected chi connectivity index (χ0v) is 22.9. The van der Waals surface area contributed by atoms with Crippen LogP contribution in [-0.4, -0.2) is 0 Å². The third kappa shape index (κ3) is 3.85. The van der Waals surface area contributed by atoms with E-state index in [0.717, 1.165) is 22.3 Å². The largest absolute Gasteiger partial charge is 0.192 e. The smallest absolute Gasteiger partial charge is 0.0992 e. The lowest BCUT2D eigenvalue weighted by Gasteiger charge is -2.19. The summed E-state index contributed by atoms with van der Waals surface area (Å²) in [5, 5.41) is 19.8. The molecule has 0 aliphatic heterocycles. The van der Waals surface area contributed by atoms with Crippen molar-refractivity contribution in [1.82, 2.24) is 0 Å². The van der Waals surface area contributed by atoms with Crippen molar-refractivity contribution < 1.29 is 0 Å². The molecule has 0 aliphatic rings. The molecule has 0 heterocycles. The van der Waals surface area contributed by atoms with Gasteiger partial charge in [-0.25, -0.2) is 0 Å². The van der Waals surface area contributed by atoms with Crippen molar-refractivity contribution in [1.29, 1.82) is 5.26 Å². The fourth-order valence-electron chi connectivity index (χ4n) is 6.55. The average molecular weight is 532 g/mol. The van der Waals surface area contributed by atoms with Gasteiger partial charge in [-0.1, -0.05) is 127 Å². The van der Waals surface area contributed by atoms with Gasteiger partial charge in [0.1, 0.15) is 0 Å². The molecule has 0 fully saturated rings. The molecule has 0 bridgehead atoms. The van der Waals surface area contributed by atoms with Crippen molar-refractivity contribution in [3.8, 4) is 39.4 Å². The van der Waals surface area contributed by atoms with Crippen molar-refractivity contribution >= 4 is 43.1 Å². The first-order chi connectivity index (χ1) is 20.8. The molecular formula is C41H25N. The molecule has 0 radical (unpaired) electrons. The van der Waals surface area contributed by atoms with Gasteiger partial charge in [0.15, 0.2) is 0 Å². The molecule has 8 aromatic carbocycles. The highest BCUT2D eigenvalue weighted by Crippen LogP contribution is 2.45. The van der Waals surface area contributed by atoms with Crippen LogP contribution in [0.4, 0.5) is 0 Å². The second kappa shape index (κ2) is 9.73. The number of hydrogen-bond acceptors (Lipinski definition) is 1. The van der Waals surface area contributed by atoms with Gasteiger partial charge in [0.25, 0.3) is 0 Å². The molecule has 0 N–H and O–H groups in total. The van der Waals surface area contributed by atoms with Gasteiger partial charge in [-0.15, -0.1) is 0 Å². The van der Waals surface area contributed by atoms with E-state index in [4.69, 9.17) is 0 Å². The van der Waals surface area contributed by atoms with Crippen molar-refractivity contribution in [3.05, 3.63) is 157 Å². The van der Waals surface area contributed by atoms with Crippen LogP contribution in [0.3, 0.4) is 0 Å². The van der Waals surface area contributed by atoms with Gasteiger partial charge in [0, 0.05) is 0 Å². The SMILES string of the molecule is N#Cc1cc(-c2ccc3ccccc3c2)cc(-c2c3ccccc3c(-c3cccc4ccccc34)c3ccccc23)c1. The van der Waals surface area contributed by atoms with E-state index in [2.05, 4.69) is 146 Å². The number of benzene rings is 8. The molecule has 0 spiro atoms. The van der Waals surface area contributed by atoms with Crippen molar-refractivity contribution in [2.75, 3.05) is 0 Å². The van der Waals surface area contributed by atoms with Gasteiger partial charge in [0.05, 0.1) is 11.6 Å². The molecule has 8 aromatic rings. The molecule has 42 heavy (non-hydrogen) atoms. The van der Waals surface area contributed by atoms with E-state index in [0.29, 0.717) is 5.56 Å². The molecular weight excluding hydrogens is 506 g/mol. The first kappa shape index (κ1) is 24.1. The van der Waals surface area contributed by atoms with E-state index in [1.54, 1.807) is 0 Å². The van der Waals surface area contributed by atoms with E-state index in [9.17, 15) is 5.26 Å². The molecule has 194 valence electrons. The van der Waals surface area contributed by atoms with Crippen LogP contribution in [0.2, 0.25) is 0 Å². The lowest BCUT2D eigenvalue weighted by Crippen LogP contribution is -1.93. The molecule has 0 saturated heterocycles. The Hall–Kier alpha value is -5.71. The van der Waals surface area contributed by atoms with Gasteiger partial charge >= 0.3 is 0 Å². The third-order valence-electron chi connectivity index (χ3n) is 8.42. The Labute approximate surface area is 244 Å². The molecule has 1 nitrogen and oxygen atoms in total. The Morgan fingerprint density at radius 1 is 0.357 bits per heavy atom. The molecule has 0 unspecified atom stereocenters. The highest BCUT2D eigenvalue weighted by molar-refractivity contribution is 6.23. The Morgan fingerprint density at radius 2 is 0.905 bits per heavy atom. The maximum atomic E-state index is 10.1. The summed E-state index contributed by atoms with van der Waals surface area (Å²) in [6, 6.07) is 56.3. The number of fused-ring (bicyclic) bond motifs is 4. The molecule has 0 saturated carbocycles. The summed E-state index contributed by atoms with van der Waals surface area (Å²) < 4.78 is 0. The summed E-state index contributed by atoms with van der Waals surface area (Å²) >= 11 is 0. The monoisotopic (exact) mass is 531 g/mol. The second-order valence-electron chi connectivity index (χ2n) is 10.8. The fourth-order valence-corrected chi connectivity index (χ4v) is 6.55. The van der Waals surface area contributed by atoms with Crippen molar-refractivity contribution in [2.45, 2.75) is 0 Å². The topological polar surface area (TPSA) is 23.8 Å². The quantitative estimate of drug-likeness (QED) is 0.208. The van der Waals surface area contributed by atoms with Crippen LogP contribution in [0, 0.1) is 11.3 Å². The van der Waals surface area contributed by atoms with Crippen molar-refractivity contribution in [3.63, 3.8) is 0 Å². The summed E-state index contributed by atoms with van der Waals surface area (Å²) in [6.07, 6.45) is 0. The maximum absolute atomic E-state index is 10.1. The van der Waals surface area contributed by atoms with Crippen LogP contribution >= 0.6 is 0 Å². The minimum atomic E-state index is 0.655. The minimum Gasteiger partial charge on any atom is -0.192 e. The maximum Gasteiger partial charge on any atom is 0.0992 e. The predicted molar refractivity (Wildman–Crippen MR) is 177 cm³/mol. The predicted octanol–water partition coefficient (Wildman–Crippen LogP) is 11.2. The molecule has 0 amide bonds. The first-order valence-electron chi connectivity index (χ1n) is 14.2. The lowest BCUT2D eigenvalue weighted by atomic mass is 9.84. The minimum absolute atomic E-state index is 0.655. The standard InChI is InChI=1S/C41H25N/c42-26-27-22-32(31-21-20-28-10-1-2-12-30(28)24-31)25-33(23-27)40-36-15-5-7-17-38(36)41(39-18-8-6-16-37(39)40)35-19-9-13-29-11-3-4-14-34(29)35/h1-25H. The molecule has 1 heteroatoms. The number of hydrogen-bond donors (Lipinski definition) is 0. The van der Waals surface area contributed by atoms with E-state index in [1.807, 2.05) is 12.1 Å². The Balaban J connectivity index is 1.45. The summed E-state index contributed by atoms with van der Waals surface area (Å²) in [4.78, 5) is 0. The van der Waals surface area contributed by atoms with Gasteiger partial charge in [-0.05, 0) is 101 Å². The van der Waals surface area contributed by atoms with E-state index >= 15 is 0 Å². The van der Waals surface area contributed by atoms with Crippen LogP contribution in [-0.2, 0) is 0 Å². The van der Waals surface area contributed by atoms with Crippen LogP contribution in [0.15, 0.2) is 152 Å². The number of nitrogens with zero attached hydrogens (tertiary/aromatic N) is 1. The fraction of sp³-hybridized carbons (Fsp3) is 0. The van der Waals surface area contributed by atoms with Gasteiger partial charge in [0.2, 0.25) is 0 Å². The van der Waals surface area contributed by atoms with Crippen molar-refractivity contribution in [2.24, 2.45) is 0 Å². The van der Waals surface area contributed by atoms with Crippen LogP contribution in [0.1, 0.15) is 5.56 Å². The summed E-state index contributed by atoms with van der Waals surface area (Å²) in [7, 11) is 0. The summed E-state index contributed by atoms with van der Waals surface area (Å²) in [5.41, 5.74) is 7.48. The second-order valence-corrected chi connectivity index (χ2v) is 10.8. The van der Waals surface area contributed by atoms with Crippen LogP contribution < -0.4 is 0 Å². The molecule has 8 rings (SSSR count). The first-order valence-corrected chi connectivity index (χ1v) is 14.2. The van der Waals surface area contributed by atoms with E-state index in [1.165, 1.54) is 54.2 Å². The average Bonchev–Trinajstić information content (AvgIpc) is 3.06. The molecule has 0 aromatic heterocycles. The zero-order valence-electron chi connectivity index (χ0n) is 22.9. The van der Waals surface area contributed by atoms with Gasteiger partial charge < -0.3 is 0 Å². The zero-order chi connectivity index (χ0) is 28.0. The molecule has 0 aliphatic carbocycles. The Morgan fingerprint density at radius 3 is 1.60 bits per heavy atom. The Kier molecular flexibility index (Phi) is 5.59. The molecule has 0 atom stereocenters. The van der Waals surface area contributed by atoms with Gasteiger partial charge in [-0.3, -0.25) is 0 Å². The number of rotatable bonds is 3. The number of nitriles is 1. The van der Waals surface area contributed by atoms with Crippen LogP contribution in [0.5, 0.6) is 0 Å². The highest BCUT2D eigenvalue weighted by atomic mass is 14.3. The van der Waals surface area contributed by atoms with E-state index in [-0.39, 0.29) is 0 Å².